The molecule has 3 atom stereocenters. The summed E-state index contributed by atoms with van der Waals surface area (Å²) < 4.78 is 5.62. The van der Waals surface area contributed by atoms with Crippen LogP contribution in [0.5, 0.6) is 0 Å². The highest BCUT2D eigenvalue weighted by molar-refractivity contribution is 5.19. The van der Waals surface area contributed by atoms with Crippen molar-refractivity contribution in [2.75, 3.05) is 0 Å². The molecule has 1 fully saturated rings. The van der Waals surface area contributed by atoms with Crippen molar-refractivity contribution in [3.8, 4) is 0 Å². The predicted molar refractivity (Wildman–Crippen MR) is 46.8 cm³/mol. The van der Waals surface area contributed by atoms with Crippen molar-refractivity contribution in [1.29, 1.82) is 0 Å². The van der Waals surface area contributed by atoms with Gasteiger partial charge in [-0.05, 0) is 32.8 Å². The molecule has 0 saturated carbocycles. The van der Waals surface area contributed by atoms with Crippen molar-refractivity contribution >= 4 is 0 Å². The van der Waals surface area contributed by atoms with Gasteiger partial charge in [0.05, 0.1) is 11.7 Å². The summed E-state index contributed by atoms with van der Waals surface area (Å²) in [7, 11) is 0. The lowest BCUT2D eigenvalue weighted by Crippen LogP contribution is -2.62. The smallest absolute Gasteiger partial charge is 0.101 e. The molecule has 2 aliphatic rings. The number of ether oxygens (including phenoxy) is 1. The molecule has 0 aromatic rings. The first-order valence-electron chi connectivity index (χ1n) is 4.55. The molecule has 0 amide bonds. The van der Waals surface area contributed by atoms with Crippen LogP contribution < -0.4 is 0 Å². The van der Waals surface area contributed by atoms with E-state index in [1.54, 1.807) is 0 Å². The zero-order valence-electron chi connectivity index (χ0n) is 7.87. The van der Waals surface area contributed by atoms with Crippen LogP contribution in [0.4, 0.5) is 0 Å². The van der Waals surface area contributed by atoms with Gasteiger partial charge in [-0.2, -0.15) is 0 Å². The third-order valence-corrected chi connectivity index (χ3v) is 3.20. The van der Waals surface area contributed by atoms with Crippen LogP contribution in [0.25, 0.3) is 0 Å². The molecule has 1 N–H and O–H groups in total. The molecule has 1 saturated heterocycles. The third-order valence-electron chi connectivity index (χ3n) is 3.20. The molecule has 12 heavy (non-hydrogen) atoms. The maximum atomic E-state index is 9.71. The van der Waals surface area contributed by atoms with Gasteiger partial charge in [-0.3, -0.25) is 0 Å². The average molecular weight is 168 g/mol. The average Bonchev–Trinajstić information content (AvgIpc) is 1.97. The maximum absolute atomic E-state index is 9.71. The number of rotatable bonds is 0. The predicted octanol–water partition coefficient (Wildman–Crippen LogP) is 1.49. The van der Waals surface area contributed by atoms with Gasteiger partial charge < -0.3 is 9.84 Å². The van der Waals surface area contributed by atoms with Gasteiger partial charge in [-0.15, -0.1) is 0 Å². The lowest BCUT2D eigenvalue weighted by atomic mass is 9.71. The Hall–Kier alpha value is -0.340. The summed E-state index contributed by atoms with van der Waals surface area (Å²) in [4.78, 5) is 0. The number of aliphatic hydroxyl groups is 1. The quantitative estimate of drug-likeness (QED) is 0.555. The van der Waals surface area contributed by atoms with Crippen LogP contribution in [0.2, 0.25) is 0 Å². The van der Waals surface area contributed by atoms with Gasteiger partial charge in [0, 0.05) is 5.92 Å². The zero-order valence-corrected chi connectivity index (χ0v) is 7.87. The molecule has 0 radical (unpaired) electrons. The van der Waals surface area contributed by atoms with Crippen molar-refractivity contribution < 1.29 is 9.84 Å². The SMILES string of the molecule is CC1=CC[C@@H]2[C@@H](OC2(C)C)[C@@H]1O. The van der Waals surface area contributed by atoms with E-state index < -0.39 is 0 Å². The van der Waals surface area contributed by atoms with Crippen molar-refractivity contribution in [2.24, 2.45) is 5.92 Å². The van der Waals surface area contributed by atoms with E-state index in [-0.39, 0.29) is 17.8 Å². The van der Waals surface area contributed by atoms with Crippen LogP contribution in [0, 0.1) is 5.92 Å². The van der Waals surface area contributed by atoms with Crippen LogP contribution in [0.1, 0.15) is 27.2 Å². The molecular formula is C10H16O2. The Labute approximate surface area is 73.2 Å². The van der Waals surface area contributed by atoms with Crippen molar-refractivity contribution in [3.05, 3.63) is 11.6 Å². The summed E-state index contributed by atoms with van der Waals surface area (Å²) >= 11 is 0. The first kappa shape index (κ1) is 8.27. The molecule has 2 rings (SSSR count). The Bertz CT molecular complexity index is 230. The monoisotopic (exact) mass is 168 g/mol. The van der Waals surface area contributed by atoms with Crippen molar-refractivity contribution in [2.45, 2.75) is 45.0 Å². The van der Waals surface area contributed by atoms with Crippen LogP contribution in [0.3, 0.4) is 0 Å². The third kappa shape index (κ3) is 0.947. The molecule has 0 bridgehead atoms. The van der Waals surface area contributed by atoms with Crippen molar-refractivity contribution in [1.82, 2.24) is 0 Å². The molecule has 1 aliphatic carbocycles. The van der Waals surface area contributed by atoms with Crippen LogP contribution in [-0.4, -0.2) is 22.9 Å². The fourth-order valence-electron chi connectivity index (χ4n) is 2.24. The highest BCUT2D eigenvalue weighted by atomic mass is 16.5. The summed E-state index contributed by atoms with van der Waals surface area (Å²) in [5.41, 5.74) is 1.04. The minimum atomic E-state index is -0.364. The molecule has 1 aliphatic heterocycles. The molecule has 1 heterocycles. The number of aliphatic hydroxyl groups excluding tert-OH is 1. The summed E-state index contributed by atoms with van der Waals surface area (Å²) in [6, 6.07) is 0. The van der Waals surface area contributed by atoms with Crippen LogP contribution in [-0.2, 0) is 4.74 Å². The van der Waals surface area contributed by atoms with Crippen LogP contribution >= 0.6 is 0 Å². The first-order valence-corrected chi connectivity index (χ1v) is 4.55. The number of hydrogen-bond acceptors (Lipinski definition) is 2. The second kappa shape index (κ2) is 2.33. The van der Waals surface area contributed by atoms with E-state index in [1.807, 2.05) is 6.92 Å². The summed E-state index contributed by atoms with van der Waals surface area (Å²) in [6.45, 7) is 6.15. The molecule has 0 aromatic carbocycles. The van der Waals surface area contributed by atoms with Crippen molar-refractivity contribution in [3.63, 3.8) is 0 Å². The lowest BCUT2D eigenvalue weighted by molar-refractivity contribution is -0.268. The van der Waals surface area contributed by atoms with E-state index in [4.69, 9.17) is 4.74 Å². The first-order chi connectivity index (χ1) is 5.52. The molecule has 68 valence electrons. The highest BCUT2D eigenvalue weighted by Gasteiger charge is 2.52. The summed E-state index contributed by atoms with van der Waals surface area (Å²) in [5.74, 6) is 0.510. The molecular weight excluding hydrogens is 152 g/mol. The molecule has 0 spiro atoms. The van der Waals surface area contributed by atoms with Gasteiger partial charge in [-0.25, -0.2) is 0 Å². The Kier molecular flexibility index (Phi) is 1.61. The van der Waals surface area contributed by atoms with Gasteiger partial charge in [-0.1, -0.05) is 6.08 Å². The van der Waals surface area contributed by atoms with E-state index in [9.17, 15) is 5.11 Å². The van der Waals surface area contributed by atoms with Gasteiger partial charge in [0.25, 0.3) is 0 Å². The Balaban J connectivity index is 2.18. The Morgan fingerprint density at radius 2 is 2.25 bits per heavy atom. The number of allylic oxidation sites excluding steroid dienone is 1. The Morgan fingerprint density at radius 1 is 1.58 bits per heavy atom. The molecule has 2 heteroatoms. The minimum absolute atomic E-state index is 0.0250. The van der Waals surface area contributed by atoms with Gasteiger partial charge in [0.1, 0.15) is 6.10 Å². The topological polar surface area (TPSA) is 29.5 Å². The van der Waals surface area contributed by atoms with Crippen LogP contribution in [0.15, 0.2) is 11.6 Å². The van der Waals surface area contributed by atoms with E-state index in [2.05, 4.69) is 19.9 Å². The second-order valence-corrected chi connectivity index (χ2v) is 4.42. The van der Waals surface area contributed by atoms with E-state index in [1.165, 1.54) is 0 Å². The fraction of sp³-hybridized carbons (Fsp3) is 0.800. The standard InChI is InChI=1S/C10H16O2/c1-6-4-5-7-9(8(6)11)12-10(7,2)3/h4,7-9,11H,5H2,1-3H3/t7-,8-,9-/m1/s1. The van der Waals surface area contributed by atoms with E-state index in [0.29, 0.717) is 5.92 Å². The summed E-state index contributed by atoms with van der Waals surface area (Å²) in [5, 5.41) is 9.71. The minimum Gasteiger partial charge on any atom is -0.386 e. The number of hydrogen-bond donors (Lipinski definition) is 1. The Morgan fingerprint density at radius 3 is 2.83 bits per heavy atom. The van der Waals surface area contributed by atoms with Gasteiger partial charge in [0.2, 0.25) is 0 Å². The zero-order chi connectivity index (χ0) is 8.93. The molecule has 2 nitrogen and oxygen atoms in total. The highest BCUT2D eigenvalue weighted by Crippen LogP contribution is 2.46. The van der Waals surface area contributed by atoms with E-state index in [0.717, 1.165) is 12.0 Å². The molecule has 0 aromatic heterocycles. The largest absolute Gasteiger partial charge is 0.386 e. The lowest BCUT2D eigenvalue weighted by Gasteiger charge is -2.55. The summed E-state index contributed by atoms with van der Waals surface area (Å²) in [6.07, 6.45) is 2.89. The van der Waals surface area contributed by atoms with Gasteiger partial charge >= 0.3 is 0 Å². The van der Waals surface area contributed by atoms with Gasteiger partial charge in [0.15, 0.2) is 0 Å². The van der Waals surface area contributed by atoms with E-state index >= 15 is 0 Å². The fourth-order valence-corrected chi connectivity index (χ4v) is 2.24. The maximum Gasteiger partial charge on any atom is 0.101 e. The second-order valence-electron chi connectivity index (χ2n) is 4.42. The molecule has 0 unspecified atom stereocenters. The number of fused-ring (bicyclic) bond motifs is 1. The normalized spacial score (nSPS) is 44.3.